The van der Waals surface area contributed by atoms with Gasteiger partial charge in [-0.05, 0) is 38.8 Å². The van der Waals surface area contributed by atoms with E-state index < -0.39 is 0 Å². The summed E-state index contributed by atoms with van der Waals surface area (Å²) in [6.45, 7) is 4.56. The summed E-state index contributed by atoms with van der Waals surface area (Å²) in [5.74, 6) is 7.14. The van der Waals surface area contributed by atoms with Crippen molar-refractivity contribution < 1.29 is 4.84 Å². The quantitative estimate of drug-likeness (QED) is 0.480. The zero-order valence-corrected chi connectivity index (χ0v) is 13.6. The van der Waals surface area contributed by atoms with E-state index >= 15 is 0 Å². The number of imidazole rings is 1. The highest BCUT2D eigenvalue weighted by molar-refractivity contribution is 6.02. The Morgan fingerprint density at radius 2 is 2.17 bits per heavy atom. The zero-order chi connectivity index (χ0) is 16.1. The van der Waals surface area contributed by atoms with Crippen LogP contribution in [0.15, 0.2) is 48.1 Å². The Labute approximate surface area is 137 Å². The Bertz CT molecular complexity index is 716. The third-order valence-electron chi connectivity index (χ3n) is 3.84. The van der Waals surface area contributed by atoms with Gasteiger partial charge in [-0.2, -0.15) is 0 Å². The Morgan fingerprint density at radius 1 is 1.39 bits per heavy atom. The Morgan fingerprint density at radius 3 is 2.78 bits per heavy atom. The molecule has 0 N–H and O–H groups in total. The number of oxime groups is 1. The first-order valence-electron chi connectivity index (χ1n) is 8.07. The van der Waals surface area contributed by atoms with Crippen molar-refractivity contribution in [1.82, 2.24) is 9.55 Å². The molecule has 0 radical (unpaired) electrons. The van der Waals surface area contributed by atoms with Crippen LogP contribution in [0.5, 0.6) is 0 Å². The minimum Gasteiger partial charge on any atom is -0.396 e. The van der Waals surface area contributed by atoms with Gasteiger partial charge in [-0.1, -0.05) is 29.1 Å². The molecule has 0 aliphatic heterocycles. The van der Waals surface area contributed by atoms with Crippen LogP contribution in [0.4, 0.5) is 0 Å². The highest BCUT2D eigenvalue weighted by atomic mass is 16.6. The van der Waals surface area contributed by atoms with Crippen LogP contribution >= 0.6 is 0 Å². The number of nitrogens with zero attached hydrogens (tertiary/aromatic N) is 3. The van der Waals surface area contributed by atoms with E-state index in [2.05, 4.69) is 41.0 Å². The van der Waals surface area contributed by atoms with E-state index in [0.29, 0.717) is 12.5 Å². The number of hydrogen-bond acceptors (Lipinski definition) is 3. The van der Waals surface area contributed by atoms with Crippen molar-refractivity contribution in [2.45, 2.75) is 32.7 Å². The van der Waals surface area contributed by atoms with Crippen molar-refractivity contribution in [2.75, 3.05) is 6.61 Å². The molecule has 1 aliphatic carbocycles. The zero-order valence-electron chi connectivity index (χ0n) is 13.6. The molecule has 0 amide bonds. The van der Waals surface area contributed by atoms with Gasteiger partial charge in [0.15, 0.2) is 0 Å². The first kappa shape index (κ1) is 15.4. The smallest absolute Gasteiger partial charge is 0.114 e. The van der Waals surface area contributed by atoms with Crippen LogP contribution in [0.25, 0.3) is 0 Å². The minimum absolute atomic E-state index is 0.0486. The van der Waals surface area contributed by atoms with Gasteiger partial charge in [0.05, 0.1) is 12.4 Å². The first-order valence-corrected chi connectivity index (χ1v) is 8.07. The molecular weight excluding hydrogens is 286 g/mol. The van der Waals surface area contributed by atoms with E-state index in [4.69, 9.17) is 4.84 Å². The van der Waals surface area contributed by atoms with Crippen molar-refractivity contribution in [3.8, 4) is 11.8 Å². The number of hydrogen-bond donors (Lipinski definition) is 0. The summed E-state index contributed by atoms with van der Waals surface area (Å²) in [7, 11) is 0. The van der Waals surface area contributed by atoms with Gasteiger partial charge in [0.25, 0.3) is 0 Å². The van der Waals surface area contributed by atoms with E-state index in [-0.39, 0.29) is 6.04 Å². The molecule has 1 unspecified atom stereocenters. The predicted octanol–water partition coefficient (Wildman–Crippen LogP) is 3.65. The van der Waals surface area contributed by atoms with Crippen molar-refractivity contribution >= 4 is 5.71 Å². The molecule has 4 nitrogen and oxygen atoms in total. The molecule has 0 saturated heterocycles. The van der Waals surface area contributed by atoms with Crippen LogP contribution in [0.3, 0.4) is 0 Å². The van der Waals surface area contributed by atoms with Crippen molar-refractivity contribution in [3.63, 3.8) is 0 Å². The lowest BCUT2D eigenvalue weighted by Crippen LogP contribution is -2.17. The van der Waals surface area contributed by atoms with Crippen LogP contribution in [0, 0.1) is 17.8 Å². The Balaban J connectivity index is 1.83. The second-order valence-electron chi connectivity index (χ2n) is 5.70. The summed E-state index contributed by atoms with van der Waals surface area (Å²) in [4.78, 5) is 9.42. The van der Waals surface area contributed by atoms with Crippen LogP contribution in [-0.2, 0) is 4.84 Å². The monoisotopic (exact) mass is 307 g/mol. The molecule has 1 atom stereocenters. The molecule has 1 saturated carbocycles. The largest absolute Gasteiger partial charge is 0.396 e. The maximum absolute atomic E-state index is 5.31. The van der Waals surface area contributed by atoms with E-state index in [1.807, 2.05) is 29.8 Å². The van der Waals surface area contributed by atoms with Crippen molar-refractivity contribution in [3.05, 3.63) is 54.1 Å². The first-order chi connectivity index (χ1) is 11.3. The Hall–Kier alpha value is -2.54. The van der Waals surface area contributed by atoms with Gasteiger partial charge in [0, 0.05) is 29.4 Å². The predicted molar refractivity (Wildman–Crippen MR) is 91.1 cm³/mol. The third kappa shape index (κ3) is 4.01. The number of rotatable bonds is 5. The molecule has 1 aromatic heterocycles. The van der Waals surface area contributed by atoms with Crippen molar-refractivity contribution in [1.29, 1.82) is 0 Å². The third-order valence-corrected chi connectivity index (χ3v) is 3.84. The molecule has 2 aromatic rings. The highest BCUT2D eigenvalue weighted by Crippen LogP contribution is 2.27. The maximum Gasteiger partial charge on any atom is 0.114 e. The molecule has 118 valence electrons. The fourth-order valence-corrected chi connectivity index (χ4v) is 2.28. The van der Waals surface area contributed by atoms with Gasteiger partial charge in [0.2, 0.25) is 0 Å². The second-order valence-corrected chi connectivity index (χ2v) is 5.70. The van der Waals surface area contributed by atoms with E-state index in [0.717, 1.165) is 16.8 Å². The highest BCUT2D eigenvalue weighted by Gasteiger charge is 2.18. The summed E-state index contributed by atoms with van der Waals surface area (Å²) in [6, 6.07) is 8.26. The number of aromatic nitrogens is 2. The molecule has 1 aliphatic rings. The minimum atomic E-state index is 0.0486. The van der Waals surface area contributed by atoms with E-state index in [1.165, 1.54) is 12.8 Å². The van der Waals surface area contributed by atoms with Gasteiger partial charge >= 0.3 is 0 Å². The molecule has 0 bridgehead atoms. The molecule has 23 heavy (non-hydrogen) atoms. The van der Waals surface area contributed by atoms with E-state index in [1.54, 1.807) is 12.5 Å². The lowest BCUT2D eigenvalue weighted by atomic mass is 10.0. The molecule has 1 fully saturated rings. The summed E-state index contributed by atoms with van der Waals surface area (Å²) >= 11 is 0. The van der Waals surface area contributed by atoms with Crippen LogP contribution in [0.2, 0.25) is 0 Å². The molecule has 3 rings (SSSR count). The van der Waals surface area contributed by atoms with Crippen LogP contribution < -0.4 is 0 Å². The van der Waals surface area contributed by atoms with E-state index in [9.17, 15) is 0 Å². The molecule has 0 spiro atoms. The van der Waals surface area contributed by atoms with Crippen LogP contribution in [-0.4, -0.2) is 21.9 Å². The second kappa shape index (κ2) is 7.15. The van der Waals surface area contributed by atoms with Gasteiger partial charge in [-0.3, -0.25) is 0 Å². The van der Waals surface area contributed by atoms with Gasteiger partial charge in [-0.25, -0.2) is 4.98 Å². The Kier molecular flexibility index (Phi) is 4.77. The fourth-order valence-electron chi connectivity index (χ4n) is 2.28. The average molecular weight is 307 g/mol. The van der Waals surface area contributed by atoms with Gasteiger partial charge in [0.1, 0.15) is 12.3 Å². The molecule has 1 aromatic carbocycles. The molecule has 4 heteroatoms. The summed E-state index contributed by atoms with van der Waals surface area (Å²) in [6.07, 6.45) is 7.99. The molecule has 1 heterocycles. The number of benzene rings is 1. The summed E-state index contributed by atoms with van der Waals surface area (Å²) < 4.78 is 2.01. The van der Waals surface area contributed by atoms with Gasteiger partial charge in [-0.15, -0.1) is 0 Å². The van der Waals surface area contributed by atoms with Crippen LogP contribution in [0.1, 0.15) is 43.9 Å². The topological polar surface area (TPSA) is 39.4 Å². The summed E-state index contributed by atoms with van der Waals surface area (Å²) in [5, 5.41) is 4.31. The standard InChI is InChI=1S/C19H21N3O/c1-3-23-21-19(15(2)22-13-12-20-14-22)18-10-8-17(9-11-18)7-6-16-4-5-16/h8-16H,3-5H2,1-2H3/b21-19+. The van der Waals surface area contributed by atoms with Gasteiger partial charge < -0.3 is 9.40 Å². The normalized spacial score (nSPS) is 15.7. The SMILES string of the molecule is CCO/N=C(/c1ccc(C#CC2CC2)cc1)C(C)n1ccnc1. The fraction of sp³-hybridized carbons (Fsp3) is 0.368. The lowest BCUT2D eigenvalue weighted by molar-refractivity contribution is 0.157. The molecular formula is C19H21N3O. The average Bonchev–Trinajstić information content (AvgIpc) is 3.25. The summed E-state index contributed by atoms with van der Waals surface area (Å²) in [5.41, 5.74) is 2.97. The lowest BCUT2D eigenvalue weighted by Gasteiger charge is -2.16. The van der Waals surface area contributed by atoms with Crippen molar-refractivity contribution in [2.24, 2.45) is 11.1 Å². The maximum atomic E-state index is 5.31.